The van der Waals surface area contributed by atoms with Crippen molar-refractivity contribution in [3.63, 3.8) is 0 Å². The average Bonchev–Trinajstić information content (AvgIpc) is 2.35. The highest BCUT2D eigenvalue weighted by molar-refractivity contribution is 9.11. The Bertz CT molecular complexity index is 289. The molecule has 0 atom stereocenters. The summed E-state index contributed by atoms with van der Waals surface area (Å²) in [6.45, 7) is 0.560. The highest BCUT2D eigenvalue weighted by Gasteiger charge is 2.05. The summed E-state index contributed by atoms with van der Waals surface area (Å²) in [6, 6.07) is 1.97. The number of hydrogen-bond donors (Lipinski definition) is 0. The van der Waals surface area contributed by atoms with Gasteiger partial charge in [0, 0.05) is 13.6 Å². The average molecular weight is 269 g/mol. The van der Waals surface area contributed by atoms with Crippen molar-refractivity contribution in [3.05, 3.63) is 20.8 Å². The molecule has 12 heavy (non-hydrogen) atoms. The molecule has 1 heterocycles. The molecule has 0 saturated carbocycles. The quantitative estimate of drug-likeness (QED) is 0.595. The first kappa shape index (κ1) is 10.0. The Kier molecular flexibility index (Phi) is 3.55. The van der Waals surface area contributed by atoms with E-state index in [0.29, 0.717) is 6.54 Å². The first-order chi connectivity index (χ1) is 5.59. The molecule has 0 aliphatic rings. The summed E-state index contributed by atoms with van der Waals surface area (Å²) < 4.78 is 1.06. The van der Waals surface area contributed by atoms with E-state index in [1.54, 1.807) is 18.4 Å². The molecule has 0 saturated heterocycles. The van der Waals surface area contributed by atoms with Crippen LogP contribution in [0.4, 0.5) is 4.79 Å². The van der Waals surface area contributed by atoms with Crippen LogP contribution in [0, 0.1) is 0 Å². The number of amides is 1. The largest absolute Gasteiger partial charge is 0.328 e. The molecule has 2 nitrogen and oxygen atoms in total. The van der Waals surface area contributed by atoms with Gasteiger partial charge in [-0.3, -0.25) is 4.79 Å². The Hall–Kier alpha value is -0.0600. The van der Waals surface area contributed by atoms with Crippen LogP contribution in [0.25, 0.3) is 0 Å². The third kappa shape index (κ3) is 2.77. The van der Waals surface area contributed by atoms with E-state index >= 15 is 0 Å². The molecule has 0 aromatic carbocycles. The van der Waals surface area contributed by atoms with Crippen LogP contribution in [0.15, 0.2) is 15.2 Å². The van der Waals surface area contributed by atoms with E-state index in [1.165, 1.54) is 4.90 Å². The summed E-state index contributed by atoms with van der Waals surface area (Å²) in [5.41, 5.74) is 1.09. The van der Waals surface area contributed by atoms with Crippen molar-refractivity contribution in [2.75, 3.05) is 7.05 Å². The number of thiophene rings is 1. The molecule has 0 fully saturated rings. The standard InChI is InChI=1S/C7H7BrClNOS/c1-10(7(9)11)3-5-2-6(8)12-4-5/h2,4H,3H2,1H3. The number of carbonyl (C=O) groups is 1. The van der Waals surface area contributed by atoms with Crippen LogP contribution in [0.2, 0.25) is 0 Å². The lowest BCUT2D eigenvalue weighted by Gasteiger charge is -2.10. The summed E-state index contributed by atoms with van der Waals surface area (Å²) in [4.78, 5) is 12.1. The summed E-state index contributed by atoms with van der Waals surface area (Å²) in [7, 11) is 1.67. The van der Waals surface area contributed by atoms with Crippen molar-refractivity contribution in [2.45, 2.75) is 6.54 Å². The van der Waals surface area contributed by atoms with E-state index < -0.39 is 5.37 Å². The van der Waals surface area contributed by atoms with Crippen molar-refractivity contribution < 1.29 is 4.79 Å². The molecule has 1 aromatic rings. The van der Waals surface area contributed by atoms with E-state index in [0.717, 1.165) is 9.35 Å². The van der Waals surface area contributed by atoms with E-state index in [1.807, 2.05) is 11.4 Å². The SMILES string of the molecule is CN(Cc1csc(Br)c1)C(=O)Cl. The number of hydrogen-bond acceptors (Lipinski definition) is 2. The Morgan fingerprint density at radius 3 is 2.92 bits per heavy atom. The Morgan fingerprint density at radius 2 is 2.50 bits per heavy atom. The second kappa shape index (κ2) is 4.25. The van der Waals surface area contributed by atoms with Crippen molar-refractivity contribution in [3.8, 4) is 0 Å². The van der Waals surface area contributed by atoms with Crippen molar-refractivity contribution >= 4 is 44.2 Å². The minimum absolute atomic E-state index is 0.433. The van der Waals surface area contributed by atoms with Gasteiger partial charge in [-0.2, -0.15) is 0 Å². The monoisotopic (exact) mass is 267 g/mol. The molecule has 66 valence electrons. The Morgan fingerprint density at radius 1 is 1.83 bits per heavy atom. The van der Waals surface area contributed by atoms with Gasteiger partial charge in [0.05, 0.1) is 3.79 Å². The molecular weight excluding hydrogens is 262 g/mol. The minimum atomic E-state index is -0.433. The Labute approximate surface area is 88.3 Å². The molecule has 1 amide bonds. The zero-order valence-electron chi connectivity index (χ0n) is 6.38. The number of rotatable bonds is 2. The number of halogens is 2. The molecule has 0 aliphatic heterocycles. The predicted octanol–water partition coefficient (Wildman–Crippen LogP) is 3.30. The van der Waals surface area contributed by atoms with Crippen LogP contribution in [-0.4, -0.2) is 17.3 Å². The van der Waals surface area contributed by atoms with Gasteiger partial charge in [0.1, 0.15) is 0 Å². The number of nitrogens with zero attached hydrogens (tertiary/aromatic N) is 1. The van der Waals surface area contributed by atoms with E-state index in [2.05, 4.69) is 15.9 Å². The highest BCUT2D eigenvalue weighted by Crippen LogP contribution is 2.21. The second-order valence-corrected chi connectivity index (χ2v) is 4.98. The van der Waals surface area contributed by atoms with Crippen LogP contribution >= 0.6 is 38.9 Å². The zero-order valence-corrected chi connectivity index (χ0v) is 9.54. The summed E-state index contributed by atoms with van der Waals surface area (Å²) >= 11 is 10.2. The molecule has 1 aromatic heterocycles. The maximum absolute atomic E-state index is 10.6. The van der Waals surface area contributed by atoms with Gasteiger partial charge in [-0.1, -0.05) is 0 Å². The summed E-state index contributed by atoms with van der Waals surface area (Å²) in [6.07, 6.45) is 0. The molecule has 0 N–H and O–H groups in total. The van der Waals surface area contributed by atoms with Crippen molar-refractivity contribution in [1.82, 2.24) is 4.90 Å². The van der Waals surface area contributed by atoms with Gasteiger partial charge >= 0.3 is 5.37 Å². The summed E-state index contributed by atoms with van der Waals surface area (Å²) in [5, 5.41) is 1.55. The molecule has 0 aliphatic carbocycles. The van der Waals surface area contributed by atoms with Crippen LogP contribution in [-0.2, 0) is 6.54 Å². The van der Waals surface area contributed by atoms with E-state index in [9.17, 15) is 4.79 Å². The van der Waals surface area contributed by atoms with Crippen molar-refractivity contribution in [2.24, 2.45) is 0 Å². The van der Waals surface area contributed by atoms with Crippen molar-refractivity contribution in [1.29, 1.82) is 0 Å². The summed E-state index contributed by atoms with van der Waals surface area (Å²) in [5.74, 6) is 0. The third-order valence-corrected chi connectivity index (χ3v) is 3.18. The highest BCUT2D eigenvalue weighted by atomic mass is 79.9. The topological polar surface area (TPSA) is 20.3 Å². The normalized spacial score (nSPS) is 9.92. The number of carbonyl (C=O) groups excluding carboxylic acids is 1. The van der Waals surface area contributed by atoms with Crippen LogP contribution < -0.4 is 0 Å². The van der Waals surface area contributed by atoms with Crippen LogP contribution in [0.3, 0.4) is 0 Å². The minimum Gasteiger partial charge on any atom is -0.328 e. The lowest BCUT2D eigenvalue weighted by Crippen LogP contribution is -2.19. The van der Waals surface area contributed by atoms with Gasteiger partial charge in [0.25, 0.3) is 0 Å². The van der Waals surface area contributed by atoms with E-state index in [4.69, 9.17) is 11.6 Å². The van der Waals surface area contributed by atoms with Gasteiger partial charge in [-0.25, -0.2) is 0 Å². The molecule has 0 spiro atoms. The first-order valence-corrected chi connectivity index (χ1v) is 5.28. The van der Waals surface area contributed by atoms with Crippen LogP contribution in [0.1, 0.15) is 5.56 Å². The molecule has 0 bridgehead atoms. The van der Waals surface area contributed by atoms with Gasteiger partial charge in [0.15, 0.2) is 0 Å². The molecule has 0 unspecified atom stereocenters. The first-order valence-electron chi connectivity index (χ1n) is 3.23. The Balaban J connectivity index is 2.58. The fraction of sp³-hybridized carbons (Fsp3) is 0.286. The third-order valence-electron chi connectivity index (χ3n) is 1.34. The van der Waals surface area contributed by atoms with Gasteiger partial charge in [0.2, 0.25) is 0 Å². The molecular formula is C7H7BrClNOS. The smallest absolute Gasteiger partial charge is 0.316 e. The zero-order chi connectivity index (χ0) is 9.14. The van der Waals surface area contributed by atoms with Gasteiger partial charge in [-0.05, 0) is 44.5 Å². The lowest BCUT2D eigenvalue weighted by molar-refractivity contribution is 0.230. The second-order valence-electron chi connectivity index (χ2n) is 2.37. The van der Waals surface area contributed by atoms with Crippen LogP contribution in [0.5, 0.6) is 0 Å². The van der Waals surface area contributed by atoms with Gasteiger partial charge in [-0.15, -0.1) is 11.3 Å². The lowest BCUT2D eigenvalue weighted by atomic mass is 10.3. The molecule has 0 radical (unpaired) electrons. The fourth-order valence-corrected chi connectivity index (χ4v) is 2.02. The maximum Gasteiger partial charge on any atom is 0.316 e. The fourth-order valence-electron chi connectivity index (χ4n) is 0.765. The molecule has 5 heteroatoms. The molecule has 1 rings (SSSR count). The van der Waals surface area contributed by atoms with E-state index in [-0.39, 0.29) is 0 Å². The predicted molar refractivity (Wildman–Crippen MR) is 54.7 cm³/mol. The van der Waals surface area contributed by atoms with Gasteiger partial charge < -0.3 is 4.90 Å². The maximum atomic E-state index is 10.6.